The SMILES string of the molecule is Cc1nnc(NCCC2CC2)nc1C. The van der Waals surface area contributed by atoms with Crippen molar-refractivity contribution in [1.29, 1.82) is 0 Å². The fourth-order valence-electron chi connectivity index (χ4n) is 1.33. The Labute approximate surface area is 84.2 Å². The predicted molar refractivity (Wildman–Crippen MR) is 55.1 cm³/mol. The van der Waals surface area contributed by atoms with Crippen LogP contribution in [-0.2, 0) is 0 Å². The summed E-state index contributed by atoms with van der Waals surface area (Å²) in [6.07, 6.45) is 4.03. The topological polar surface area (TPSA) is 50.7 Å². The lowest BCUT2D eigenvalue weighted by molar-refractivity contribution is 0.750. The molecule has 14 heavy (non-hydrogen) atoms. The summed E-state index contributed by atoms with van der Waals surface area (Å²) in [4.78, 5) is 4.31. The van der Waals surface area contributed by atoms with Gasteiger partial charge in [-0.1, -0.05) is 12.8 Å². The van der Waals surface area contributed by atoms with Gasteiger partial charge in [-0.2, -0.15) is 5.10 Å². The van der Waals surface area contributed by atoms with Crippen molar-refractivity contribution in [2.75, 3.05) is 11.9 Å². The molecule has 1 aliphatic rings. The lowest BCUT2D eigenvalue weighted by Gasteiger charge is -2.04. The minimum Gasteiger partial charge on any atom is -0.353 e. The van der Waals surface area contributed by atoms with Gasteiger partial charge in [0.2, 0.25) is 5.95 Å². The summed E-state index contributed by atoms with van der Waals surface area (Å²) in [6, 6.07) is 0. The summed E-state index contributed by atoms with van der Waals surface area (Å²) in [5.41, 5.74) is 1.85. The molecule has 0 aliphatic heterocycles. The first kappa shape index (κ1) is 9.37. The molecule has 0 atom stereocenters. The Kier molecular flexibility index (Phi) is 2.61. The number of nitrogens with zero attached hydrogens (tertiary/aromatic N) is 3. The zero-order valence-corrected chi connectivity index (χ0v) is 8.75. The van der Waals surface area contributed by atoms with Crippen LogP contribution < -0.4 is 5.32 Å². The third kappa shape index (κ3) is 2.40. The molecular formula is C10H16N4. The Morgan fingerprint density at radius 3 is 2.64 bits per heavy atom. The van der Waals surface area contributed by atoms with Crippen LogP contribution in [0.2, 0.25) is 0 Å². The molecule has 0 saturated heterocycles. The second kappa shape index (κ2) is 3.90. The average Bonchev–Trinajstić information content (AvgIpc) is 2.95. The minimum absolute atomic E-state index is 0.661. The molecule has 1 heterocycles. The Bertz CT molecular complexity index is 320. The third-order valence-corrected chi connectivity index (χ3v) is 2.62. The van der Waals surface area contributed by atoms with Gasteiger partial charge < -0.3 is 5.32 Å². The average molecular weight is 192 g/mol. The van der Waals surface area contributed by atoms with Crippen molar-refractivity contribution < 1.29 is 0 Å². The first-order valence-corrected chi connectivity index (χ1v) is 5.17. The zero-order chi connectivity index (χ0) is 9.97. The van der Waals surface area contributed by atoms with Gasteiger partial charge in [-0.3, -0.25) is 0 Å². The highest BCUT2D eigenvalue weighted by Gasteiger charge is 2.20. The Hall–Kier alpha value is -1.19. The van der Waals surface area contributed by atoms with Gasteiger partial charge in [0.15, 0.2) is 0 Å². The van der Waals surface area contributed by atoms with Gasteiger partial charge in [0, 0.05) is 6.54 Å². The fraction of sp³-hybridized carbons (Fsp3) is 0.700. The first-order chi connectivity index (χ1) is 6.75. The van der Waals surface area contributed by atoms with Crippen LogP contribution in [0.1, 0.15) is 30.7 Å². The highest BCUT2D eigenvalue weighted by Crippen LogP contribution is 2.31. The highest BCUT2D eigenvalue weighted by molar-refractivity contribution is 5.24. The van der Waals surface area contributed by atoms with E-state index < -0.39 is 0 Å². The van der Waals surface area contributed by atoms with Gasteiger partial charge in [0.1, 0.15) is 0 Å². The molecule has 0 bridgehead atoms. The number of aryl methyl sites for hydroxylation is 2. The van der Waals surface area contributed by atoms with E-state index in [1.54, 1.807) is 0 Å². The van der Waals surface area contributed by atoms with Crippen LogP contribution in [0.3, 0.4) is 0 Å². The fourth-order valence-corrected chi connectivity index (χ4v) is 1.33. The highest BCUT2D eigenvalue weighted by atomic mass is 15.2. The van der Waals surface area contributed by atoms with Crippen molar-refractivity contribution in [3.63, 3.8) is 0 Å². The second-order valence-corrected chi connectivity index (χ2v) is 3.97. The van der Waals surface area contributed by atoms with E-state index in [1.165, 1.54) is 19.3 Å². The summed E-state index contributed by atoms with van der Waals surface area (Å²) in [5.74, 6) is 1.61. The molecule has 4 nitrogen and oxygen atoms in total. The maximum atomic E-state index is 4.31. The molecule has 1 aromatic rings. The summed E-state index contributed by atoms with van der Waals surface area (Å²) in [6.45, 7) is 4.84. The normalized spacial score (nSPS) is 15.6. The lowest BCUT2D eigenvalue weighted by Crippen LogP contribution is -2.08. The molecule has 1 fully saturated rings. The smallest absolute Gasteiger partial charge is 0.242 e. The number of anilines is 1. The van der Waals surface area contributed by atoms with Crippen molar-refractivity contribution in [2.24, 2.45) is 5.92 Å². The van der Waals surface area contributed by atoms with Crippen LogP contribution in [0.5, 0.6) is 0 Å². The van der Waals surface area contributed by atoms with Gasteiger partial charge in [-0.15, -0.1) is 5.10 Å². The van der Waals surface area contributed by atoms with Gasteiger partial charge in [-0.05, 0) is 26.2 Å². The molecule has 1 N–H and O–H groups in total. The molecule has 0 spiro atoms. The Morgan fingerprint density at radius 2 is 2.00 bits per heavy atom. The molecule has 0 radical (unpaired) electrons. The van der Waals surface area contributed by atoms with E-state index in [-0.39, 0.29) is 0 Å². The summed E-state index contributed by atoms with van der Waals surface area (Å²) >= 11 is 0. The molecule has 0 aromatic carbocycles. The van der Waals surface area contributed by atoms with E-state index in [0.717, 1.165) is 23.9 Å². The number of aromatic nitrogens is 3. The van der Waals surface area contributed by atoms with E-state index in [4.69, 9.17) is 0 Å². The van der Waals surface area contributed by atoms with Gasteiger partial charge >= 0.3 is 0 Å². The largest absolute Gasteiger partial charge is 0.353 e. The van der Waals surface area contributed by atoms with Crippen molar-refractivity contribution in [3.8, 4) is 0 Å². The Balaban J connectivity index is 1.85. The number of rotatable bonds is 4. The van der Waals surface area contributed by atoms with Crippen LogP contribution >= 0.6 is 0 Å². The van der Waals surface area contributed by atoms with Gasteiger partial charge in [-0.25, -0.2) is 4.98 Å². The summed E-state index contributed by atoms with van der Waals surface area (Å²) < 4.78 is 0. The maximum absolute atomic E-state index is 4.31. The van der Waals surface area contributed by atoms with E-state index in [1.807, 2.05) is 13.8 Å². The number of nitrogens with one attached hydrogen (secondary N) is 1. The maximum Gasteiger partial charge on any atom is 0.242 e. The number of hydrogen-bond donors (Lipinski definition) is 1. The molecule has 0 amide bonds. The van der Waals surface area contributed by atoms with Crippen molar-refractivity contribution in [1.82, 2.24) is 15.2 Å². The van der Waals surface area contributed by atoms with Crippen molar-refractivity contribution >= 4 is 5.95 Å². The van der Waals surface area contributed by atoms with E-state index in [2.05, 4.69) is 20.5 Å². The van der Waals surface area contributed by atoms with Crippen molar-refractivity contribution in [2.45, 2.75) is 33.1 Å². The second-order valence-electron chi connectivity index (χ2n) is 3.97. The van der Waals surface area contributed by atoms with Crippen LogP contribution in [0, 0.1) is 19.8 Å². The minimum atomic E-state index is 0.661. The predicted octanol–water partition coefficient (Wildman–Crippen LogP) is 1.70. The standard InChI is InChI=1S/C10H16N4/c1-7-8(2)13-14-10(12-7)11-6-5-9-3-4-9/h9H,3-6H2,1-2H3,(H,11,12,14). The van der Waals surface area contributed by atoms with Crippen LogP contribution in [0.4, 0.5) is 5.95 Å². The Morgan fingerprint density at radius 1 is 1.21 bits per heavy atom. The molecule has 2 rings (SSSR count). The van der Waals surface area contributed by atoms with Gasteiger partial charge in [0.05, 0.1) is 11.4 Å². The van der Waals surface area contributed by atoms with E-state index in [9.17, 15) is 0 Å². The summed E-state index contributed by atoms with van der Waals surface area (Å²) in [5, 5.41) is 11.2. The van der Waals surface area contributed by atoms with Crippen LogP contribution in [0.15, 0.2) is 0 Å². The molecule has 1 saturated carbocycles. The quantitative estimate of drug-likeness (QED) is 0.788. The molecule has 1 aromatic heterocycles. The van der Waals surface area contributed by atoms with E-state index >= 15 is 0 Å². The monoisotopic (exact) mass is 192 g/mol. The molecule has 1 aliphatic carbocycles. The van der Waals surface area contributed by atoms with Gasteiger partial charge in [0.25, 0.3) is 0 Å². The third-order valence-electron chi connectivity index (χ3n) is 2.62. The molecular weight excluding hydrogens is 176 g/mol. The van der Waals surface area contributed by atoms with Crippen LogP contribution in [-0.4, -0.2) is 21.7 Å². The van der Waals surface area contributed by atoms with Crippen LogP contribution in [0.25, 0.3) is 0 Å². The molecule has 4 heteroatoms. The molecule has 76 valence electrons. The summed E-state index contributed by atoms with van der Waals surface area (Å²) in [7, 11) is 0. The van der Waals surface area contributed by atoms with E-state index in [0.29, 0.717) is 5.95 Å². The lowest BCUT2D eigenvalue weighted by atomic mass is 10.3. The molecule has 0 unspecified atom stereocenters. The van der Waals surface area contributed by atoms with Crippen molar-refractivity contribution in [3.05, 3.63) is 11.4 Å². The number of hydrogen-bond acceptors (Lipinski definition) is 4. The zero-order valence-electron chi connectivity index (χ0n) is 8.75. The first-order valence-electron chi connectivity index (χ1n) is 5.17.